The van der Waals surface area contributed by atoms with Crippen LogP contribution in [0.2, 0.25) is 0 Å². The first-order valence-electron chi connectivity index (χ1n) is 6.71. The Balaban J connectivity index is 2.15. The maximum atomic E-state index is 12.4. The molecule has 106 valence electrons. The van der Waals surface area contributed by atoms with Crippen LogP contribution in [-0.4, -0.2) is 30.4 Å². The van der Waals surface area contributed by atoms with Gasteiger partial charge in [-0.3, -0.25) is 0 Å². The molecule has 5 heteroatoms. The van der Waals surface area contributed by atoms with Crippen LogP contribution >= 0.6 is 0 Å². The molecule has 4 nitrogen and oxygen atoms in total. The third kappa shape index (κ3) is 3.55. The van der Waals surface area contributed by atoms with Crippen LogP contribution in [-0.2, 0) is 22.4 Å². The first kappa shape index (κ1) is 14.5. The molecule has 0 amide bonds. The molecule has 2 rings (SSSR count). The Bertz CT molecular complexity index is 527. The molecule has 0 spiro atoms. The monoisotopic (exact) mass is 283 g/mol. The van der Waals surface area contributed by atoms with Crippen LogP contribution in [0.4, 0.5) is 0 Å². The van der Waals surface area contributed by atoms with Crippen LogP contribution < -0.4 is 0 Å². The van der Waals surface area contributed by atoms with Gasteiger partial charge in [-0.1, -0.05) is 30.7 Å². The third-order valence-electron chi connectivity index (χ3n) is 3.62. The number of nitrogens with zero attached hydrogens (tertiary/aromatic N) is 1. The van der Waals surface area contributed by atoms with Gasteiger partial charge >= 0.3 is 0 Å². The van der Waals surface area contributed by atoms with Crippen molar-refractivity contribution in [1.29, 1.82) is 0 Å². The quantitative estimate of drug-likeness (QED) is 0.918. The average Bonchev–Trinajstić information content (AvgIpc) is 2.38. The van der Waals surface area contributed by atoms with Crippen molar-refractivity contribution in [2.75, 3.05) is 6.54 Å². The van der Waals surface area contributed by atoms with E-state index in [-0.39, 0.29) is 18.4 Å². The largest absolute Gasteiger partial charge is 0.392 e. The third-order valence-corrected chi connectivity index (χ3v) is 5.58. The smallest absolute Gasteiger partial charge is 0.218 e. The van der Waals surface area contributed by atoms with Crippen molar-refractivity contribution in [3.05, 3.63) is 35.4 Å². The summed E-state index contributed by atoms with van der Waals surface area (Å²) in [5, 5.41) is 9.09. The van der Waals surface area contributed by atoms with Gasteiger partial charge in [-0.05, 0) is 30.9 Å². The van der Waals surface area contributed by atoms with Gasteiger partial charge in [-0.2, -0.15) is 4.31 Å². The summed E-state index contributed by atoms with van der Waals surface area (Å²) in [4.78, 5) is 0. The second-order valence-corrected chi connectivity index (χ2v) is 7.11. The first-order valence-corrected chi connectivity index (χ1v) is 8.32. The van der Waals surface area contributed by atoms with E-state index in [1.165, 1.54) is 0 Å². The number of rotatable bonds is 4. The maximum Gasteiger partial charge on any atom is 0.218 e. The number of hydrogen-bond donors (Lipinski definition) is 1. The highest BCUT2D eigenvalue weighted by atomic mass is 32.2. The lowest BCUT2D eigenvalue weighted by Crippen LogP contribution is -2.42. The molecule has 19 heavy (non-hydrogen) atoms. The normalized spacial score (nSPS) is 21.5. The summed E-state index contributed by atoms with van der Waals surface area (Å²) in [6.07, 6.45) is 2.99. The summed E-state index contributed by atoms with van der Waals surface area (Å²) in [7, 11) is -3.26. The zero-order valence-electron chi connectivity index (χ0n) is 11.2. The highest BCUT2D eigenvalue weighted by Gasteiger charge is 2.29. The van der Waals surface area contributed by atoms with Crippen molar-refractivity contribution in [1.82, 2.24) is 4.31 Å². The van der Waals surface area contributed by atoms with E-state index in [0.717, 1.165) is 30.4 Å². The molecule has 1 fully saturated rings. The highest BCUT2D eigenvalue weighted by molar-refractivity contribution is 7.88. The zero-order chi connectivity index (χ0) is 13.9. The summed E-state index contributed by atoms with van der Waals surface area (Å²) in [6.45, 7) is 2.54. The van der Waals surface area contributed by atoms with Gasteiger partial charge in [0.15, 0.2) is 0 Å². The Labute approximate surface area is 115 Å². The lowest BCUT2D eigenvalue weighted by molar-refractivity contribution is 0.268. The van der Waals surface area contributed by atoms with Gasteiger partial charge in [-0.15, -0.1) is 0 Å². The number of aliphatic hydroxyl groups is 1. The number of piperidine rings is 1. The minimum atomic E-state index is -3.26. The average molecular weight is 283 g/mol. The Morgan fingerprint density at radius 1 is 1.32 bits per heavy atom. The topological polar surface area (TPSA) is 57.6 Å². The molecule has 1 aromatic rings. The van der Waals surface area contributed by atoms with Crippen molar-refractivity contribution in [2.45, 2.75) is 44.6 Å². The summed E-state index contributed by atoms with van der Waals surface area (Å²) in [6, 6.07) is 7.23. The van der Waals surface area contributed by atoms with Gasteiger partial charge in [0.1, 0.15) is 0 Å². The number of benzene rings is 1. The second kappa shape index (κ2) is 6.03. The van der Waals surface area contributed by atoms with E-state index in [9.17, 15) is 8.42 Å². The Morgan fingerprint density at radius 3 is 2.74 bits per heavy atom. The molecule has 1 heterocycles. The van der Waals surface area contributed by atoms with E-state index >= 15 is 0 Å². The molecular formula is C14H21NO3S. The van der Waals surface area contributed by atoms with E-state index in [4.69, 9.17) is 5.11 Å². The van der Waals surface area contributed by atoms with Crippen LogP contribution in [0.3, 0.4) is 0 Å². The molecule has 0 radical (unpaired) electrons. The summed E-state index contributed by atoms with van der Waals surface area (Å²) in [5.41, 5.74) is 1.49. The fraction of sp³-hybridized carbons (Fsp3) is 0.571. The van der Waals surface area contributed by atoms with Crippen LogP contribution in [0.25, 0.3) is 0 Å². The van der Waals surface area contributed by atoms with E-state index < -0.39 is 10.0 Å². The molecule has 0 saturated carbocycles. The lowest BCUT2D eigenvalue weighted by atomic mass is 10.1. The number of aliphatic hydroxyl groups excluding tert-OH is 1. The van der Waals surface area contributed by atoms with Crippen LogP contribution in [0.1, 0.15) is 37.3 Å². The molecule has 1 unspecified atom stereocenters. The molecule has 0 aromatic heterocycles. The van der Waals surface area contributed by atoms with E-state index in [1.807, 2.05) is 6.92 Å². The fourth-order valence-corrected chi connectivity index (χ4v) is 4.42. The summed E-state index contributed by atoms with van der Waals surface area (Å²) >= 11 is 0. The van der Waals surface area contributed by atoms with E-state index in [1.54, 1.807) is 28.6 Å². The lowest BCUT2D eigenvalue weighted by Gasteiger charge is -2.32. The maximum absolute atomic E-state index is 12.4. The van der Waals surface area contributed by atoms with Crippen molar-refractivity contribution in [3.8, 4) is 0 Å². The van der Waals surface area contributed by atoms with Crippen molar-refractivity contribution >= 4 is 10.0 Å². The molecule has 1 atom stereocenters. The first-order chi connectivity index (χ1) is 9.03. The minimum Gasteiger partial charge on any atom is -0.392 e. The molecule has 1 aliphatic heterocycles. The van der Waals surface area contributed by atoms with Gasteiger partial charge in [-0.25, -0.2) is 8.42 Å². The van der Waals surface area contributed by atoms with Gasteiger partial charge in [0.25, 0.3) is 0 Å². The van der Waals surface area contributed by atoms with Gasteiger partial charge in [0, 0.05) is 12.6 Å². The van der Waals surface area contributed by atoms with E-state index in [0.29, 0.717) is 6.54 Å². The highest BCUT2D eigenvalue weighted by Crippen LogP contribution is 2.22. The summed E-state index contributed by atoms with van der Waals surface area (Å²) in [5.74, 6) is 0.0190. The fourth-order valence-electron chi connectivity index (χ4n) is 2.60. The van der Waals surface area contributed by atoms with Crippen molar-refractivity contribution < 1.29 is 13.5 Å². The van der Waals surface area contributed by atoms with Crippen molar-refractivity contribution in [3.63, 3.8) is 0 Å². The predicted octanol–water partition coefficient (Wildman–Crippen LogP) is 1.88. The van der Waals surface area contributed by atoms with Crippen LogP contribution in [0.5, 0.6) is 0 Å². The zero-order valence-corrected chi connectivity index (χ0v) is 12.1. The predicted molar refractivity (Wildman–Crippen MR) is 75.0 cm³/mol. The van der Waals surface area contributed by atoms with Gasteiger partial charge in [0.05, 0.1) is 12.4 Å². The molecular weight excluding hydrogens is 262 g/mol. The Hall–Kier alpha value is -0.910. The standard InChI is InChI=1S/C14H21NO3S/c1-12-5-2-3-8-15(12)19(17,18)11-14-7-4-6-13(9-14)10-16/h4,6-7,9,12,16H,2-3,5,8,10-11H2,1H3. The van der Waals surface area contributed by atoms with Gasteiger partial charge < -0.3 is 5.11 Å². The Morgan fingerprint density at radius 2 is 2.05 bits per heavy atom. The molecule has 0 bridgehead atoms. The molecule has 1 N–H and O–H groups in total. The second-order valence-electron chi connectivity index (χ2n) is 5.19. The number of hydrogen-bond acceptors (Lipinski definition) is 3. The number of sulfonamides is 1. The molecule has 1 aromatic carbocycles. The van der Waals surface area contributed by atoms with Crippen molar-refractivity contribution in [2.24, 2.45) is 0 Å². The van der Waals surface area contributed by atoms with Crippen LogP contribution in [0, 0.1) is 0 Å². The molecule has 1 aliphatic rings. The Kier molecular flexibility index (Phi) is 4.60. The summed E-state index contributed by atoms with van der Waals surface area (Å²) < 4.78 is 26.5. The minimum absolute atomic E-state index is 0.0190. The van der Waals surface area contributed by atoms with E-state index in [2.05, 4.69) is 0 Å². The molecule has 0 aliphatic carbocycles. The molecule has 1 saturated heterocycles. The SMILES string of the molecule is CC1CCCCN1S(=O)(=O)Cc1cccc(CO)c1. The van der Waals surface area contributed by atoms with Crippen LogP contribution in [0.15, 0.2) is 24.3 Å². The van der Waals surface area contributed by atoms with Gasteiger partial charge in [0.2, 0.25) is 10.0 Å².